The van der Waals surface area contributed by atoms with Crippen LogP contribution in [0.25, 0.3) is 0 Å². The van der Waals surface area contributed by atoms with Gasteiger partial charge in [-0.25, -0.2) is 0 Å². The summed E-state index contributed by atoms with van der Waals surface area (Å²) in [6.45, 7) is 7.01. The van der Waals surface area contributed by atoms with E-state index in [9.17, 15) is 0 Å². The van der Waals surface area contributed by atoms with E-state index in [2.05, 4.69) is 26.1 Å². The van der Waals surface area contributed by atoms with Crippen LogP contribution in [0.2, 0.25) is 0 Å². The predicted octanol–water partition coefficient (Wildman–Crippen LogP) is 4.12. The van der Waals surface area contributed by atoms with E-state index in [-0.39, 0.29) is 0 Å². The maximum absolute atomic E-state index is 3.78. The minimum atomic E-state index is 0.715. The van der Waals surface area contributed by atoms with Crippen LogP contribution in [0.15, 0.2) is 0 Å². The van der Waals surface area contributed by atoms with Crippen molar-refractivity contribution in [2.24, 2.45) is 5.92 Å². The van der Waals surface area contributed by atoms with Gasteiger partial charge in [-0.1, -0.05) is 39.0 Å². The van der Waals surface area contributed by atoms with E-state index in [1.165, 1.54) is 51.4 Å². The fraction of sp³-hybridized carbons (Fsp3) is 1.00. The molecule has 1 aliphatic rings. The van der Waals surface area contributed by atoms with Crippen molar-refractivity contribution in [3.05, 3.63) is 0 Å². The molecule has 1 fully saturated rings. The van der Waals surface area contributed by atoms with Crippen molar-refractivity contribution in [3.63, 3.8) is 0 Å². The monoisotopic (exact) mass is 211 g/mol. The van der Waals surface area contributed by atoms with Gasteiger partial charge in [-0.05, 0) is 39.0 Å². The summed E-state index contributed by atoms with van der Waals surface area (Å²) in [4.78, 5) is 0. The largest absolute Gasteiger partial charge is 0.312 e. The van der Waals surface area contributed by atoms with E-state index in [1.54, 1.807) is 0 Å². The maximum atomic E-state index is 3.78. The Bertz CT molecular complexity index is 149. The lowest BCUT2D eigenvalue weighted by Gasteiger charge is -2.24. The summed E-state index contributed by atoms with van der Waals surface area (Å²) in [5, 5.41) is 3.78. The van der Waals surface area contributed by atoms with Crippen LogP contribution in [0.1, 0.15) is 72.1 Å². The molecule has 0 heterocycles. The molecule has 1 rings (SSSR count). The van der Waals surface area contributed by atoms with Gasteiger partial charge in [0.15, 0.2) is 0 Å². The third-order valence-corrected chi connectivity index (χ3v) is 3.90. The van der Waals surface area contributed by atoms with Crippen molar-refractivity contribution >= 4 is 0 Å². The van der Waals surface area contributed by atoms with E-state index in [0.29, 0.717) is 6.04 Å². The van der Waals surface area contributed by atoms with Crippen LogP contribution in [0.4, 0.5) is 0 Å². The number of hydrogen-bond donors (Lipinski definition) is 1. The molecule has 1 nitrogen and oxygen atoms in total. The van der Waals surface area contributed by atoms with Crippen molar-refractivity contribution in [2.75, 3.05) is 0 Å². The molecule has 1 N–H and O–H groups in total. The van der Waals surface area contributed by atoms with Crippen molar-refractivity contribution in [3.8, 4) is 0 Å². The van der Waals surface area contributed by atoms with Gasteiger partial charge in [-0.2, -0.15) is 0 Å². The molecule has 1 aliphatic carbocycles. The van der Waals surface area contributed by atoms with Crippen LogP contribution >= 0.6 is 0 Å². The average molecular weight is 211 g/mol. The molecule has 1 unspecified atom stereocenters. The molecule has 0 aromatic heterocycles. The molecule has 0 saturated heterocycles. The smallest absolute Gasteiger partial charge is 0.00694 e. The van der Waals surface area contributed by atoms with Crippen LogP contribution in [-0.2, 0) is 0 Å². The molecule has 0 aromatic carbocycles. The highest BCUT2D eigenvalue weighted by Gasteiger charge is 2.21. The summed E-state index contributed by atoms with van der Waals surface area (Å²) < 4.78 is 0. The first-order valence-electron chi connectivity index (χ1n) is 7.00. The maximum Gasteiger partial charge on any atom is 0.00694 e. The highest BCUT2D eigenvalue weighted by Crippen LogP contribution is 2.27. The van der Waals surface area contributed by atoms with Gasteiger partial charge in [-0.3, -0.25) is 0 Å². The van der Waals surface area contributed by atoms with Gasteiger partial charge >= 0.3 is 0 Å². The van der Waals surface area contributed by atoms with Gasteiger partial charge in [0.1, 0.15) is 0 Å². The average Bonchev–Trinajstić information content (AvgIpc) is 2.70. The molecule has 0 aromatic rings. The Kier molecular flexibility index (Phi) is 6.31. The second-order valence-electron chi connectivity index (χ2n) is 5.40. The Labute approximate surface area is 96.0 Å². The molecule has 1 saturated carbocycles. The quantitative estimate of drug-likeness (QED) is 0.625. The molecule has 2 atom stereocenters. The van der Waals surface area contributed by atoms with E-state index < -0.39 is 0 Å². The molecule has 0 amide bonds. The van der Waals surface area contributed by atoms with Crippen LogP contribution in [0.5, 0.6) is 0 Å². The Hall–Kier alpha value is -0.0400. The summed E-state index contributed by atoms with van der Waals surface area (Å²) in [5.74, 6) is 0.957. The van der Waals surface area contributed by atoms with E-state index >= 15 is 0 Å². The van der Waals surface area contributed by atoms with Crippen molar-refractivity contribution < 1.29 is 0 Å². The molecule has 0 radical (unpaired) electrons. The lowest BCUT2D eigenvalue weighted by molar-refractivity contribution is 0.337. The molecular weight excluding hydrogens is 182 g/mol. The Morgan fingerprint density at radius 1 is 1.13 bits per heavy atom. The Balaban J connectivity index is 2.10. The molecule has 0 spiro atoms. The molecule has 90 valence electrons. The Morgan fingerprint density at radius 3 is 2.40 bits per heavy atom. The third-order valence-electron chi connectivity index (χ3n) is 3.90. The van der Waals surface area contributed by atoms with E-state index in [1.807, 2.05) is 0 Å². The van der Waals surface area contributed by atoms with Gasteiger partial charge < -0.3 is 5.32 Å². The van der Waals surface area contributed by atoms with Gasteiger partial charge in [0.25, 0.3) is 0 Å². The molecular formula is C14H29N. The minimum absolute atomic E-state index is 0.715. The fourth-order valence-electron chi connectivity index (χ4n) is 2.83. The number of hydrogen-bond acceptors (Lipinski definition) is 1. The topological polar surface area (TPSA) is 12.0 Å². The highest BCUT2D eigenvalue weighted by molar-refractivity contribution is 4.79. The van der Waals surface area contributed by atoms with Crippen LogP contribution in [0, 0.1) is 5.92 Å². The van der Waals surface area contributed by atoms with Crippen molar-refractivity contribution in [1.29, 1.82) is 0 Å². The zero-order valence-corrected chi connectivity index (χ0v) is 10.9. The summed E-state index contributed by atoms with van der Waals surface area (Å²) >= 11 is 0. The van der Waals surface area contributed by atoms with Gasteiger partial charge in [0.05, 0.1) is 0 Å². The summed E-state index contributed by atoms with van der Waals surface area (Å²) in [6, 6.07) is 1.45. The molecule has 15 heavy (non-hydrogen) atoms. The summed E-state index contributed by atoms with van der Waals surface area (Å²) in [7, 11) is 0. The second kappa shape index (κ2) is 7.27. The Morgan fingerprint density at radius 2 is 1.80 bits per heavy atom. The summed E-state index contributed by atoms with van der Waals surface area (Å²) in [5.41, 5.74) is 0. The lowest BCUT2D eigenvalue weighted by atomic mass is 9.98. The summed E-state index contributed by atoms with van der Waals surface area (Å²) in [6.07, 6.45) is 11.3. The first kappa shape index (κ1) is 13.0. The van der Waals surface area contributed by atoms with Crippen LogP contribution in [-0.4, -0.2) is 12.1 Å². The predicted molar refractivity (Wildman–Crippen MR) is 68.2 cm³/mol. The zero-order chi connectivity index (χ0) is 11.1. The number of rotatable bonds is 7. The highest BCUT2D eigenvalue weighted by atomic mass is 14.9. The third kappa shape index (κ3) is 5.01. The lowest BCUT2D eigenvalue weighted by Crippen LogP contribution is -2.38. The molecule has 1 heteroatoms. The number of unbranched alkanes of at least 4 members (excludes halogenated alkanes) is 2. The van der Waals surface area contributed by atoms with Crippen molar-refractivity contribution in [2.45, 2.75) is 84.2 Å². The zero-order valence-electron chi connectivity index (χ0n) is 10.9. The van der Waals surface area contributed by atoms with E-state index in [4.69, 9.17) is 0 Å². The van der Waals surface area contributed by atoms with Crippen LogP contribution < -0.4 is 5.32 Å². The minimum Gasteiger partial charge on any atom is -0.312 e. The molecule has 0 aliphatic heterocycles. The van der Waals surface area contributed by atoms with E-state index in [0.717, 1.165) is 12.0 Å². The number of nitrogens with one attached hydrogen (secondary N) is 1. The fourth-order valence-corrected chi connectivity index (χ4v) is 2.83. The normalized spacial score (nSPS) is 21.8. The van der Waals surface area contributed by atoms with Crippen molar-refractivity contribution in [1.82, 2.24) is 5.32 Å². The van der Waals surface area contributed by atoms with Gasteiger partial charge in [0.2, 0.25) is 0 Å². The first-order chi connectivity index (χ1) is 7.24. The molecule has 0 bridgehead atoms. The first-order valence-corrected chi connectivity index (χ1v) is 7.00. The standard InChI is InChI=1S/C14H29N/c1-4-5-6-9-12(2)15-13(3)14-10-7-8-11-14/h12-15H,4-11H2,1-3H3/t12?,13-/m1/s1. The SMILES string of the molecule is CCCCCC(C)N[C@H](C)C1CCCC1. The van der Waals surface area contributed by atoms with Gasteiger partial charge in [-0.15, -0.1) is 0 Å². The van der Waals surface area contributed by atoms with Gasteiger partial charge in [0, 0.05) is 12.1 Å². The van der Waals surface area contributed by atoms with Crippen LogP contribution in [0.3, 0.4) is 0 Å². The second-order valence-corrected chi connectivity index (χ2v) is 5.40.